The van der Waals surface area contributed by atoms with Gasteiger partial charge in [-0.15, -0.1) is 11.8 Å². The van der Waals surface area contributed by atoms with Crippen molar-refractivity contribution in [2.75, 3.05) is 5.75 Å². The van der Waals surface area contributed by atoms with Gasteiger partial charge in [0.2, 0.25) is 0 Å². The topological polar surface area (TPSA) is 17.1 Å². The van der Waals surface area contributed by atoms with Crippen LogP contribution in [-0.2, 0) is 0 Å². The number of rotatable bonds is 5. The fourth-order valence-corrected chi connectivity index (χ4v) is 2.64. The quantitative estimate of drug-likeness (QED) is 0.573. The first kappa shape index (κ1) is 14.8. The highest BCUT2D eigenvalue weighted by Crippen LogP contribution is 2.23. The highest BCUT2D eigenvalue weighted by atomic mass is 32.2. The highest BCUT2D eigenvalue weighted by molar-refractivity contribution is 8.00. The Kier molecular flexibility index (Phi) is 4.96. The summed E-state index contributed by atoms with van der Waals surface area (Å²) in [6, 6.07) is 14.3. The van der Waals surface area contributed by atoms with Crippen molar-refractivity contribution in [1.29, 1.82) is 0 Å². The number of hydrogen-bond donors (Lipinski definition) is 0. The Hall–Kier alpha value is -1.61. The molecular weight excluding hydrogens is 271 g/mol. The Morgan fingerprint density at radius 2 is 1.75 bits per heavy atom. The molecule has 2 rings (SSSR count). The maximum Gasteiger partial charge on any atom is 0.176 e. The molecule has 0 aromatic heterocycles. The van der Waals surface area contributed by atoms with E-state index in [2.05, 4.69) is 26.0 Å². The van der Waals surface area contributed by atoms with Crippen LogP contribution >= 0.6 is 11.8 Å². The Labute approximate surface area is 123 Å². The first-order valence-electron chi connectivity index (χ1n) is 6.58. The fourth-order valence-electron chi connectivity index (χ4n) is 1.86. The summed E-state index contributed by atoms with van der Waals surface area (Å²) in [5.41, 5.74) is 1.44. The lowest BCUT2D eigenvalue weighted by Gasteiger charge is -2.06. The van der Waals surface area contributed by atoms with Crippen LogP contribution in [0.25, 0.3) is 0 Å². The molecule has 0 saturated heterocycles. The van der Waals surface area contributed by atoms with Gasteiger partial charge in [0.25, 0.3) is 0 Å². The third kappa shape index (κ3) is 3.70. The zero-order valence-electron chi connectivity index (χ0n) is 11.6. The molecule has 0 amide bonds. The second-order valence-corrected chi connectivity index (χ2v) is 5.96. The third-order valence-corrected chi connectivity index (χ3v) is 4.10. The van der Waals surface area contributed by atoms with Crippen molar-refractivity contribution >= 4 is 17.5 Å². The molecule has 0 aliphatic heterocycles. The maximum absolute atomic E-state index is 13.5. The zero-order valence-corrected chi connectivity index (χ0v) is 12.4. The van der Waals surface area contributed by atoms with Gasteiger partial charge in [-0.2, -0.15) is 0 Å². The van der Waals surface area contributed by atoms with Crippen LogP contribution in [0.1, 0.15) is 35.7 Å². The second kappa shape index (κ2) is 6.71. The molecule has 0 radical (unpaired) electrons. The summed E-state index contributed by atoms with van der Waals surface area (Å²) in [6.45, 7) is 4.29. The molecule has 0 saturated carbocycles. The fraction of sp³-hybridized carbons (Fsp3) is 0.235. The normalized spacial score (nSPS) is 10.8. The van der Waals surface area contributed by atoms with E-state index in [1.54, 1.807) is 12.1 Å². The lowest BCUT2D eigenvalue weighted by molar-refractivity contribution is 0.101. The summed E-state index contributed by atoms with van der Waals surface area (Å²) >= 11 is 1.44. The molecule has 0 heterocycles. The van der Waals surface area contributed by atoms with Crippen LogP contribution in [0, 0.1) is 5.82 Å². The van der Waals surface area contributed by atoms with E-state index in [1.165, 1.54) is 29.5 Å². The first-order valence-corrected chi connectivity index (χ1v) is 7.57. The summed E-state index contributed by atoms with van der Waals surface area (Å²) in [7, 11) is 0. The van der Waals surface area contributed by atoms with Gasteiger partial charge in [0.05, 0.1) is 11.3 Å². The number of Topliss-reactive ketones (excluding diaryl/α,β-unsaturated/α-hetero) is 1. The number of benzene rings is 2. The molecule has 0 fully saturated rings. The minimum Gasteiger partial charge on any atom is -0.293 e. The second-order valence-electron chi connectivity index (χ2n) is 4.92. The van der Waals surface area contributed by atoms with E-state index < -0.39 is 5.82 Å². The molecule has 0 spiro atoms. The van der Waals surface area contributed by atoms with Crippen molar-refractivity contribution in [3.8, 4) is 0 Å². The van der Waals surface area contributed by atoms with E-state index in [-0.39, 0.29) is 17.1 Å². The molecule has 0 bridgehead atoms. The van der Waals surface area contributed by atoms with Crippen molar-refractivity contribution < 1.29 is 9.18 Å². The van der Waals surface area contributed by atoms with Crippen LogP contribution < -0.4 is 0 Å². The largest absolute Gasteiger partial charge is 0.293 e. The number of halogens is 1. The summed E-state index contributed by atoms with van der Waals surface area (Å²) in [5.74, 6) is 0.116. The van der Waals surface area contributed by atoms with Crippen LogP contribution in [0.2, 0.25) is 0 Å². The van der Waals surface area contributed by atoms with Gasteiger partial charge in [-0.25, -0.2) is 4.39 Å². The van der Waals surface area contributed by atoms with E-state index in [1.807, 2.05) is 12.1 Å². The highest BCUT2D eigenvalue weighted by Gasteiger charge is 2.11. The number of carbonyl (C=O) groups excluding carboxylic acids is 1. The van der Waals surface area contributed by atoms with E-state index >= 15 is 0 Å². The molecule has 3 heteroatoms. The predicted octanol–water partition coefficient (Wildman–Crippen LogP) is 4.92. The lowest BCUT2D eigenvalue weighted by atomic mass is 10.0. The molecule has 104 valence electrons. The van der Waals surface area contributed by atoms with Gasteiger partial charge >= 0.3 is 0 Å². The van der Waals surface area contributed by atoms with Crippen molar-refractivity contribution in [3.63, 3.8) is 0 Å². The SMILES string of the molecule is CC(C)c1ccc(SCC(=O)c2ccccc2F)cc1. The summed E-state index contributed by atoms with van der Waals surface area (Å²) < 4.78 is 13.5. The van der Waals surface area contributed by atoms with Crippen molar-refractivity contribution in [2.24, 2.45) is 0 Å². The van der Waals surface area contributed by atoms with Gasteiger partial charge in [-0.05, 0) is 35.7 Å². The minimum absolute atomic E-state index is 0.166. The monoisotopic (exact) mass is 288 g/mol. The van der Waals surface area contributed by atoms with Crippen LogP contribution in [-0.4, -0.2) is 11.5 Å². The van der Waals surface area contributed by atoms with Gasteiger partial charge in [0.15, 0.2) is 5.78 Å². The molecule has 0 aliphatic rings. The molecule has 0 aliphatic carbocycles. The molecule has 0 unspecified atom stereocenters. The summed E-state index contributed by atoms with van der Waals surface area (Å²) in [6.07, 6.45) is 0. The van der Waals surface area contributed by atoms with Gasteiger partial charge in [0.1, 0.15) is 5.82 Å². The van der Waals surface area contributed by atoms with Gasteiger partial charge in [-0.1, -0.05) is 38.1 Å². The van der Waals surface area contributed by atoms with E-state index in [0.29, 0.717) is 5.92 Å². The Morgan fingerprint density at radius 1 is 1.10 bits per heavy atom. The van der Waals surface area contributed by atoms with Crippen molar-refractivity contribution in [1.82, 2.24) is 0 Å². The van der Waals surface area contributed by atoms with Crippen molar-refractivity contribution in [3.05, 3.63) is 65.5 Å². The molecule has 1 nitrogen and oxygen atoms in total. The van der Waals surface area contributed by atoms with Gasteiger partial charge < -0.3 is 0 Å². The van der Waals surface area contributed by atoms with Crippen LogP contribution in [0.15, 0.2) is 53.4 Å². The number of hydrogen-bond acceptors (Lipinski definition) is 2. The average molecular weight is 288 g/mol. The summed E-state index contributed by atoms with van der Waals surface area (Å²) in [5, 5.41) is 0. The van der Waals surface area contributed by atoms with E-state index in [4.69, 9.17) is 0 Å². The van der Waals surface area contributed by atoms with Crippen LogP contribution in [0.5, 0.6) is 0 Å². The lowest BCUT2D eigenvalue weighted by Crippen LogP contribution is -2.04. The minimum atomic E-state index is -0.451. The Morgan fingerprint density at radius 3 is 2.35 bits per heavy atom. The molecule has 0 atom stereocenters. The first-order chi connectivity index (χ1) is 9.58. The maximum atomic E-state index is 13.5. The van der Waals surface area contributed by atoms with Crippen LogP contribution in [0.3, 0.4) is 0 Å². The van der Waals surface area contributed by atoms with Crippen molar-refractivity contribution in [2.45, 2.75) is 24.7 Å². The molecule has 2 aromatic carbocycles. The number of ketones is 1. The predicted molar refractivity (Wildman–Crippen MR) is 82.0 cm³/mol. The standard InChI is InChI=1S/C17H17FOS/c1-12(2)13-7-9-14(10-8-13)20-11-17(19)15-5-3-4-6-16(15)18/h3-10,12H,11H2,1-2H3. The summed E-state index contributed by atoms with van der Waals surface area (Å²) in [4.78, 5) is 13.0. The van der Waals surface area contributed by atoms with E-state index in [9.17, 15) is 9.18 Å². The third-order valence-electron chi connectivity index (χ3n) is 3.09. The molecular formula is C17H17FOS. The van der Waals surface area contributed by atoms with Crippen LogP contribution in [0.4, 0.5) is 4.39 Å². The average Bonchev–Trinajstić information content (AvgIpc) is 2.45. The Bertz CT molecular complexity index is 590. The smallest absolute Gasteiger partial charge is 0.176 e. The molecule has 0 N–H and O–H groups in total. The number of carbonyl (C=O) groups is 1. The van der Waals surface area contributed by atoms with Gasteiger partial charge in [-0.3, -0.25) is 4.79 Å². The Balaban J connectivity index is 1.98. The van der Waals surface area contributed by atoms with Gasteiger partial charge in [0, 0.05) is 4.90 Å². The molecule has 20 heavy (non-hydrogen) atoms. The zero-order chi connectivity index (χ0) is 14.5. The number of thioether (sulfide) groups is 1. The molecule has 2 aromatic rings. The van der Waals surface area contributed by atoms with E-state index in [0.717, 1.165) is 4.90 Å².